The molecule has 94 valence electrons. The molecule has 1 N–H and O–H groups in total. The molecule has 0 bridgehead atoms. The third-order valence-electron chi connectivity index (χ3n) is 2.98. The van der Waals surface area contributed by atoms with Gasteiger partial charge in [-0.05, 0) is 26.0 Å². The Morgan fingerprint density at radius 2 is 2.29 bits per heavy atom. The van der Waals surface area contributed by atoms with Gasteiger partial charge < -0.3 is 14.8 Å². The number of rotatable bonds is 5. The van der Waals surface area contributed by atoms with Crippen LogP contribution in [-0.4, -0.2) is 19.8 Å². The summed E-state index contributed by atoms with van der Waals surface area (Å²) in [6.45, 7) is 6.66. The predicted octanol–water partition coefficient (Wildman–Crippen LogP) is 2.91. The second-order valence-electron chi connectivity index (χ2n) is 4.25. The lowest BCUT2D eigenvalue weighted by atomic mass is 10.00. The van der Waals surface area contributed by atoms with Crippen LogP contribution in [-0.2, 0) is 0 Å². The van der Waals surface area contributed by atoms with Crippen molar-refractivity contribution in [3.05, 3.63) is 23.8 Å². The third kappa shape index (κ3) is 2.72. The van der Waals surface area contributed by atoms with Crippen molar-refractivity contribution in [1.29, 1.82) is 0 Å². The molecule has 1 atom stereocenters. The molecule has 17 heavy (non-hydrogen) atoms. The van der Waals surface area contributed by atoms with Crippen LogP contribution in [0.25, 0.3) is 0 Å². The zero-order chi connectivity index (χ0) is 12.1. The van der Waals surface area contributed by atoms with Gasteiger partial charge in [-0.2, -0.15) is 0 Å². The Labute approximate surface area is 103 Å². The molecule has 1 unspecified atom stereocenters. The Hall–Kier alpha value is -1.22. The molecule has 0 saturated heterocycles. The number of hydrogen-bond acceptors (Lipinski definition) is 3. The Morgan fingerprint density at radius 1 is 1.41 bits per heavy atom. The monoisotopic (exact) mass is 235 g/mol. The van der Waals surface area contributed by atoms with E-state index in [9.17, 15) is 0 Å². The summed E-state index contributed by atoms with van der Waals surface area (Å²) in [5.74, 6) is 1.79. The van der Waals surface area contributed by atoms with Gasteiger partial charge in [0.1, 0.15) is 0 Å². The van der Waals surface area contributed by atoms with E-state index in [1.165, 1.54) is 5.56 Å². The second kappa shape index (κ2) is 5.92. The van der Waals surface area contributed by atoms with Crippen LogP contribution in [0, 0.1) is 0 Å². The fourth-order valence-corrected chi connectivity index (χ4v) is 2.20. The van der Waals surface area contributed by atoms with E-state index in [1.807, 2.05) is 19.1 Å². The molecule has 0 saturated carbocycles. The summed E-state index contributed by atoms with van der Waals surface area (Å²) in [6, 6.07) is 6.55. The van der Waals surface area contributed by atoms with E-state index in [2.05, 4.69) is 18.3 Å². The van der Waals surface area contributed by atoms with Crippen LogP contribution in [0.1, 0.15) is 38.3 Å². The van der Waals surface area contributed by atoms with Crippen LogP contribution < -0.4 is 14.8 Å². The number of hydrogen-bond donors (Lipinski definition) is 1. The van der Waals surface area contributed by atoms with Crippen molar-refractivity contribution in [3.63, 3.8) is 0 Å². The second-order valence-corrected chi connectivity index (χ2v) is 4.25. The smallest absolute Gasteiger partial charge is 0.165 e. The SMILES string of the molecule is CCCNC1CCOc2c(OCC)cccc21. The first-order valence-corrected chi connectivity index (χ1v) is 6.48. The highest BCUT2D eigenvalue weighted by Crippen LogP contribution is 2.39. The third-order valence-corrected chi connectivity index (χ3v) is 2.98. The summed E-state index contributed by atoms with van der Waals surface area (Å²) in [5.41, 5.74) is 1.23. The maximum absolute atomic E-state index is 5.75. The number of benzene rings is 1. The van der Waals surface area contributed by atoms with Crippen LogP contribution in [0.15, 0.2) is 18.2 Å². The van der Waals surface area contributed by atoms with Crippen LogP contribution in [0.4, 0.5) is 0 Å². The molecule has 0 radical (unpaired) electrons. The molecule has 3 heteroatoms. The molecular weight excluding hydrogens is 214 g/mol. The van der Waals surface area contributed by atoms with Crippen LogP contribution >= 0.6 is 0 Å². The van der Waals surface area contributed by atoms with Crippen molar-refractivity contribution in [1.82, 2.24) is 5.32 Å². The number of ether oxygens (including phenoxy) is 2. The Balaban J connectivity index is 2.22. The number of fused-ring (bicyclic) bond motifs is 1. The highest BCUT2D eigenvalue weighted by atomic mass is 16.5. The Kier molecular flexibility index (Phi) is 4.26. The van der Waals surface area contributed by atoms with Gasteiger partial charge in [0.25, 0.3) is 0 Å². The van der Waals surface area contributed by atoms with E-state index >= 15 is 0 Å². The van der Waals surface area contributed by atoms with Crippen molar-refractivity contribution in [3.8, 4) is 11.5 Å². The summed E-state index contributed by atoms with van der Waals surface area (Å²) in [7, 11) is 0. The van der Waals surface area contributed by atoms with Crippen LogP contribution in [0.5, 0.6) is 11.5 Å². The van der Waals surface area contributed by atoms with Crippen molar-refractivity contribution in [2.24, 2.45) is 0 Å². The average molecular weight is 235 g/mol. The molecule has 0 amide bonds. The Bertz CT molecular complexity index is 365. The molecule has 1 aliphatic heterocycles. The average Bonchev–Trinajstić information content (AvgIpc) is 2.37. The highest BCUT2D eigenvalue weighted by molar-refractivity contribution is 5.49. The van der Waals surface area contributed by atoms with E-state index in [0.717, 1.165) is 37.5 Å². The zero-order valence-electron chi connectivity index (χ0n) is 10.7. The zero-order valence-corrected chi connectivity index (χ0v) is 10.7. The lowest BCUT2D eigenvalue weighted by Gasteiger charge is -2.28. The van der Waals surface area contributed by atoms with Gasteiger partial charge in [0.15, 0.2) is 11.5 Å². The summed E-state index contributed by atoms with van der Waals surface area (Å²) in [5, 5.41) is 3.56. The standard InChI is InChI=1S/C14H21NO2/c1-3-9-15-12-8-10-17-14-11(12)6-5-7-13(14)16-4-2/h5-7,12,15H,3-4,8-10H2,1-2H3. The highest BCUT2D eigenvalue weighted by Gasteiger charge is 2.23. The summed E-state index contributed by atoms with van der Waals surface area (Å²) < 4.78 is 11.4. The molecule has 1 aromatic rings. The molecule has 0 spiro atoms. The fraction of sp³-hybridized carbons (Fsp3) is 0.571. The molecule has 0 aliphatic carbocycles. The van der Waals surface area contributed by atoms with E-state index in [1.54, 1.807) is 0 Å². The maximum Gasteiger partial charge on any atom is 0.165 e. The molecule has 1 aromatic carbocycles. The molecule has 3 nitrogen and oxygen atoms in total. The minimum atomic E-state index is 0.402. The molecule has 0 fully saturated rings. The molecule has 0 aromatic heterocycles. The van der Waals surface area contributed by atoms with E-state index in [0.29, 0.717) is 12.6 Å². The topological polar surface area (TPSA) is 30.5 Å². The normalized spacial score (nSPS) is 18.4. The Morgan fingerprint density at radius 3 is 3.06 bits per heavy atom. The minimum Gasteiger partial charge on any atom is -0.490 e. The van der Waals surface area contributed by atoms with Crippen LogP contribution in [0.3, 0.4) is 0 Å². The summed E-state index contributed by atoms with van der Waals surface area (Å²) in [4.78, 5) is 0. The summed E-state index contributed by atoms with van der Waals surface area (Å²) >= 11 is 0. The largest absolute Gasteiger partial charge is 0.490 e. The summed E-state index contributed by atoms with van der Waals surface area (Å²) in [6.07, 6.45) is 2.18. The van der Waals surface area contributed by atoms with E-state index in [4.69, 9.17) is 9.47 Å². The van der Waals surface area contributed by atoms with Gasteiger partial charge in [-0.25, -0.2) is 0 Å². The first kappa shape index (κ1) is 12.2. The van der Waals surface area contributed by atoms with Gasteiger partial charge in [-0.1, -0.05) is 19.1 Å². The molecule has 1 heterocycles. The van der Waals surface area contributed by atoms with Crippen molar-refractivity contribution < 1.29 is 9.47 Å². The van der Waals surface area contributed by atoms with Crippen LogP contribution in [0.2, 0.25) is 0 Å². The van der Waals surface area contributed by atoms with Gasteiger partial charge >= 0.3 is 0 Å². The van der Waals surface area contributed by atoms with Gasteiger partial charge in [-0.3, -0.25) is 0 Å². The van der Waals surface area contributed by atoms with Gasteiger partial charge in [0.2, 0.25) is 0 Å². The quantitative estimate of drug-likeness (QED) is 0.851. The predicted molar refractivity (Wildman–Crippen MR) is 68.8 cm³/mol. The first-order chi connectivity index (χ1) is 8.36. The molecular formula is C14H21NO2. The number of nitrogens with one attached hydrogen (secondary N) is 1. The van der Waals surface area contributed by atoms with Gasteiger partial charge in [0, 0.05) is 18.0 Å². The van der Waals surface area contributed by atoms with E-state index < -0.39 is 0 Å². The fourth-order valence-electron chi connectivity index (χ4n) is 2.20. The first-order valence-electron chi connectivity index (χ1n) is 6.48. The van der Waals surface area contributed by atoms with Gasteiger partial charge in [0.05, 0.1) is 13.2 Å². The van der Waals surface area contributed by atoms with Crippen molar-refractivity contribution in [2.45, 2.75) is 32.7 Å². The van der Waals surface area contributed by atoms with Crippen molar-refractivity contribution in [2.75, 3.05) is 19.8 Å². The molecule has 1 aliphatic rings. The van der Waals surface area contributed by atoms with Gasteiger partial charge in [-0.15, -0.1) is 0 Å². The van der Waals surface area contributed by atoms with Crippen molar-refractivity contribution >= 4 is 0 Å². The maximum atomic E-state index is 5.75. The lowest BCUT2D eigenvalue weighted by Crippen LogP contribution is -2.27. The van der Waals surface area contributed by atoms with E-state index in [-0.39, 0.29) is 0 Å². The number of para-hydroxylation sites is 1. The molecule has 2 rings (SSSR count). The minimum absolute atomic E-state index is 0.402. The lowest BCUT2D eigenvalue weighted by molar-refractivity contribution is 0.232.